The molecule has 0 bridgehead atoms. The molecule has 0 spiro atoms. The van der Waals surface area contributed by atoms with E-state index in [4.69, 9.17) is 0 Å². The Labute approximate surface area is 155 Å². The molecule has 1 aliphatic heterocycles. The molecule has 2 aromatic carbocycles. The van der Waals surface area contributed by atoms with Crippen LogP contribution in [0, 0.1) is 13.8 Å². The third kappa shape index (κ3) is 3.96. The predicted molar refractivity (Wildman–Crippen MR) is 103 cm³/mol. The van der Waals surface area contributed by atoms with Crippen LogP contribution in [0.15, 0.2) is 48.5 Å². The maximum Gasteiger partial charge on any atom is 0.245 e. The number of hydrogen-bond acceptors (Lipinski definition) is 2. The SMILES string of the molecule is Cc1ccc(C)c(CN2C(=O)CN(CCc3ccccc3)C(=O)[C@@H]2C)c1. The topological polar surface area (TPSA) is 40.6 Å². The minimum absolute atomic E-state index is 0.0195. The van der Waals surface area contributed by atoms with E-state index in [2.05, 4.69) is 18.2 Å². The molecule has 2 aromatic rings. The van der Waals surface area contributed by atoms with Gasteiger partial charge in [-0.25, -0.2) is 0 Å². The van der Waals surface area contributed by atoms with Crippen LogP contribution in [0.4, 0.5) is 0 Å². The monoisotopic (exact) mass is 350 g/mol. The molecule has 1 fully saturated rings. The number of nitrogens with zero attached hydrogens (tertiary/aromatic N) is 2. The highest BCUT2D eigenvalue weighted by Gasteiger charge is 2.36. The molecule has 136 valence electrons. The van der Waals surface area contributed by atoms with Crippen LogP contribution in [-0.4, -0.2) is 40.7 Å². The second-order valence-corrected chi connectivity index (χ2v) is 7.12. The molecule has 0 radical (unpaired) electrons. The van der Waals surface area contributed by atoms with Crippen molar-refractivity contribution >= 4 is 11.8 Å². The van der Waals surface area contributed by atoms with Crippen LogP contribution in [0.3, 0.4) is 0 Å². The first-order valence-corrected chi connectivity index (χ1v) is 9.14. The first-order valence-electron chi connectivity index (χ1n) is 9.14. The molecule has 0 aromatic heterocycles. The van der Waals surface area contributed by atoms with E-state index < -0.39 is 6.04 Å². The molecule has 1 heterocycles. The first kappa shape index (κ1) is 18.2. The van der Waals surface area contributed by atoms with Gasteiger partial charge < -0.3 is 9.80 Å². The number of benzene rings is 2. The number of aryl methyl sites for hydroxylation is 2. The zero-order valence-corrected chi connectivity index (χ0v) is 15.7. The Morgan fingerprint density at radius 1 is 1.04 bits per heavy atom. The predicted octanol–water partition coefficient (Wildman–Crippen LogP) is 3.11. The van der Waals surface area contributed by atoms with Crippen molar-refractivity contribution in [3.8, 4) is 0 Å². The van der Waals surface area contributed by atoms with Gasteiger partial charge in [0.05, 0.1) is 6.54 Å². The molecule has 3 rings (SSSR count). The number of amides is 2. The Morgan fingerprint density at radius 2 is 1.77 bits per heavy atom. The summed E-state index contributed by atoms with van der Waals surface area (Å²) in [5.74, 6) is 0.0527. The summed E-state index contributed by atoms with van der Waals surface area (Å²) in [5, 5.41) is 0. The molecule has 2 amide bonds. The third-order valence-corrected chi connectivity index (χ3v) is 5.14. The van der Waals surface area contributed by atoms with Crippen molar-refractivity contribution in [2.45, 2.75) is 39.8 Å². The lowest BCUT2D eigenvalue weighted by Gasteiger charge is -2.39. The Morgan fingerprint density at radius 3 is 2.50 bits per heavy atom. The molecule has 0 aliphatic carbocycles. The lowest BCUT2D eigenvalue weighted by Crippen LogP contribution is -2.58. The lowest BCUT2D eigenvalue weighted by molar-refractivity contribution is -0.155. The summed E-state index contributed by atoms with van der Waals surface area (Å²) >= 11 is 0. The fraction of sp³-hybridized carbons (Fsp3) is 0.364. The maximum absolute atomic E-state index is 12.8. The number of rotatable bonds is 5. The van der Waals surface area contributed by atoms with Crippen molar-refractivity contribution in [2.75, 3.05) is 13.1 Å². The molecule has 0 saturated carbocycles. The fourth-order valence-electron chi connectivity index (χ4n) is 3.42. The van der Waals surface area contributed by atoms with Gasteiger partial charge >= 0.3 is 0 Å². The van der Waals surface area contributed by atoms with Gasteiger partial charge in [-0.1, -0.05) is 54.1 Å². The highest BCUT2D eigenvalue weighted by molar-refractivity contribution is 5.94. The molecule has 1 saturated heterocycles. The summed E-state index contributed by atoms with van der Waals surface area (Å²) in [6, 6.07) is 15.9. The minimum atomic E-state index is -0.424. The van der Waals surface area contributed by atoms with Crippen LogP contribution < -0.4 is 0 Å². The zero-order chi connectivity index (χ0) is 18.7. The summed E-state index contributed by atoms with van der Waals surface area (Å²) in [6.45, 7) is 7.16. The summed E-state index contributed by atoms with van der Waals surface area (Å²) in [4.78, 5) is 28.9. The molecule has 26 heavy (non-hydrogen) atoms. The molecular weight excluding hydrogens is 324 g/mol. The van der Waals surface area contributed by atoms with E-state index in [1.54, 1.807) is 9.80 Å². The summed E-state index contributed by atoms with van der Waals surface area (Å²) in [5.41, 5.74) is 4.60. The van der Waals surface area contributed by atoms with Crippen molar-refractivity contribution in [1.29, 1.82) is 0 Å². The second kappa shape index (κ2) is 7.73. The Bertz CT molecular complexity index is 801. The minimum Gasteiger partial charge on any atom is -0.331 e. The van der Waals surface area contributed by atoms with Gasteiger partial charge in [0.25, 0.3) is 0 Å². The lowest BCUT2D eigenvalue weighted by atomic mass is 10.0. The van der Waals surface area contributed by atoms with Gasteiger partial charge in [-0.3, -0.25) is 9.59 Å². The number of carbonyl (C=O) groups excluding carboxylic acids is 2. The van der Waals surface area contributed by atoms with E-state index in [-0.39, 0.29) is 18.4 Å². The van der Waals surface area contributed by atoms with Gasteiger partial charge in [0.1, 0.15) is 6.04 Å². The highest BCUT2D eigenvalue weighted by atomic mass is 16.2. The van der Waals surface area contributed by atoms with E-state index in [1.165, 1.54) is 11.1 Å². The molecule has 0 unspecified atom stereocenters. The second-order valence-electron chi connectivity index (χ2n) is 7.12. The molecule has 4 heteroatoms. The van der Waals surface area contributed by atoms with E-state index in [0.717, 1.165) is 17.5 Å². The summed E-state index contributed by atoms with van der Waals surface area (Å²) in [7, 11) is 0. The van der Waals surface area contributed by atoms with Crippen molar-refractivity contribution in [3.05, 3.63) is 70.8 Å². The smallest absolute Gasteiger partial charge is 0.245 e. The van der Waals surface area contributed by atoms with Crippen LogP contribution in [-0.2, 0) is 22.6 Å². The summed E-state index contributed by atoms with van der Waals surface area (Å²) < 4.78 is 0. The highest BCUT2D eigenvalue weighted by Crippen LogP contribution is 2.19. The maximum atomic E-state index is 12.8. The van der Waals surface area contributed by atoms with Crippen molar-refractivity contribution < 1.29 is 9.59 Å². The quantitative estimate of drug-likeness (QED) is 0.831. The standard InChI is InChI=1S/C22H26N2O2/c1-16-9-10-17(2)20(13-16)14-24-18(3)22(26)23(15-21(24)25)12-11-19-7-5-4-6-8-19/h4-10,13,18H,11-12,14-15H2,1-3H3/t18-/m0/s1. The van der Waals surface area contributed by atoms with Crippen LogP contribution in [0.25, 0.3) is 0 Å². The van der Waals surface area contributed by atoms with Crippen LogP contribution in [0.5, 0.6) is 0 Å². The van der Waals surface area contributed by atoms with Crippen molar-refractivity contribution in [2.24, 2.45) is 0 Å². The first-order chi connectivity index (χ1) is 12.5. The molecule has 0 N–H and O–H groups in total. The van der Waals surface area contributed by atoms with E-state index in [1.807, 2.05) is 51.1 Å². The van der Waals surface area contributed by atoms with Gasteiger partial charge in [0, 0.05) is 13.1 Å². The zero-order valence-electron chi connectivity index (χ0n) is 15.7. The van der Waals surface area contributed by atoms with Gasteiger partial charge in [0.2, 0.25) is 11.8 Å². The Kier molecular flexibility index (Phi) is 5.40. The van der Waals surface area contributed by atoms with E-state index >= 15 is 0 Å². The van der Waals surface area contributed by atoms with Gasteiger partial charge in [-0.05, 0) is 43.9 Å². The third-order valence-electron chi connectivity index (χ3n) is 5.14. The van der Waals surface area contributed by atoms with Gasteiger partial charge in [0.15, 0.2) is 0 Å². The van der Waals surface area contributed by atoms with Crippen LogP contribution >= 0.6 is 0 Å². The number of hydrogen-bond donors (Lipinski definition) is 0. The molecule has 1 atom stereocenters. The van der Waals surface area contributed by atoms with E-state index in [0.29, 0.717) is 13.1 Å². The van der Waals surface area contributed by atoms with E-state index in [9.17, 15) is 9.59 Å². The molecular formula is C22H26N2O2. The largest absolute Gasteiger partial charge is 0.331 e. The fourth-order valence-corrected chi connectivity index (χ4v) is 3.42. The number of piperazine rings is 1. The Balaban J connectivity index is 1.68. The van der Waals surface area contributed by atoms with Crippen molar-refractivity contribution in [3.63, 3.8) is 0 Å². The average Bonchev–Trinajstić information content (AvgIpc) is 2.64. The summed E-state index contributed by atoms with van der Waals surface area (Å²) in [6.07, 6.45) is 0.767. The van der Waals surface area contributed by atoms with Crippen molar-refractivity contribution in [1.82, 2.24) is 9.80 Å². The van der Waals surface area contributed by atoms with Crippen LogP contribution in [0.2, 0.25) is 0 Å². The Hall–Kier alpha value is -2.62. The normalized spacial score (nSPS) is 17.7. The molecule has 1 aliphatic rings. The van der Waals surface area contributed by atoms with Crippen LogP contribution in [0.1, 0.15) is 29.2 Å². The van der Waals surface area contributed by atoms with Gasteiger partial charge in [-0.15, -0.1) is 0 Å². The molecule has 4 nitrogen and oxygen atoms in total. The average molecular weight is 350 g/mol. The van der Waals surface area contributed by atoms with Gasteiger partial charge in [-0.2, -0.15) is 0 Å². The number of carbonyl (C=O) groups is 2.